The molecule has 0 aliphatic carbocycles. The van der Waals surface area contributed by atoms with E-state index in [1.807, 2.05) is 6.92 Å². The fraction of sp³-hybridized carbons (Fsp3) is 0.778. The van der Waals surface area contributed by atoms with Crippen LogP contribution in [0.25, 0.3) is 0 Å². The highest BCUT2D eigenvalue weighted by Gasteiger charge is 2.27. The highest BCUT2D eigenvalue weighted by molar-refractivity contribution is 4.90. The molecule has 64 valence electrons. The Balaban J connectivity index is 2.23. The van der Waals surface area contributed by atoms with E-state index in [1.54, 1.807) is 0 Å². The van der Waals surface area contributed by atoms with Crippen molar-refractivity contribution in [3.05, 3.63) is 12.2 Å². The van der Waals surface area contributed by atoms with Gasteiger partial charge in [-0.15, -0.1) is 0 Å². The molecule has 0 saturated carbocycles. The third-order valence-electron chi connectivity index (χ3n) is 2.10. The molecule has 2 nitrogen and oxygen atoms in total. The van der Waals surface area contributed by atoms with Gasteiger partial charge in [-0.2, -0.15) is 0 Å². The lowest BCUT2D eigenvalue weighted by atomic mass is 10.0. The van der Waals surface area contributed by atoms with Gasteiger partial charge in [0.2, 0.25) is 0 Å². The molecule has 1 rings (SSSR count). The molecule has 1 N–H and O–H groups in total. The van der Waals surface area contributed by atoms with E-state index < -0.39 is 0 Å². The van der Waals surface area contributed by atoms with Crippen molar-refractivity contribution in [3.63, 3.8) is 0 Å². The van der Waals surface area contributed by atoms with Crippen molar-refractivity contribution in [1.29, 1.82) is 0 Å². The van der Waals surface area contributed by atoms with Crippen LogP contribution in [0.15, 0.2) is 12.2 Å². The predicted molar refractivity (Wildman–Crippen MR) is 46.7 cm³/mol. The third-order valence-corrected chi connectivity index (χ3v) is 2.10. The van der Waals surface area contributed by atoms with E-state index in [0.29, 0.717) is 0 Å². The minimum Gasteiger partial charge on any atom is -0.379 e. The molecule has 1 unspecified atom stereocenters. The van der Waals surface area contributed by atoms with Gasteiger partial charge >= 0.3 is 0 Å². The normalized spacial score (nSPS) is 31.8. The lowest BCUT2D eigenvalue weighted by Crippen LogP contribution is -2.42. The molecule has 0 amide bonds. The molecule has 1 aliphatic heterocycles. The summed E-state index contributed by atoms with van der Waals surface area (Å²) in [7, 11) is 0. The van der Waals surface area contributed by atoms with E-state index in [9.17, 15) is 0 Å². The maximum atomic E-state index is 5.30. The van der Waals surface area contributed by atoms with Gasteiger partial charge in [0.1, 0.15) is 0 Å². The fourth-order valence-corrected chi connectivity index (χ4v) is 1.23. The summed E-state index contributed by atoms with van der Waals surface area (Å²) in [6.45, 7) is 6.96. The van der Waals surface area contributed by atoms with Gasteiger partial charge < -0.3 is 10.1 Å². The Morgan fingerprint density at radius 2 is 2.45 bits per heavy atom. The topological polar surface area (TPSA) is 21.3 Å². The zero-order valence-electron chi connectivity index (χ0n) is 7.39. The van der Waals surface area contributed by atoms with Crippen LogP contribution < -0.4 is 5.32 Å². The average Bonchev–Trinajstić information content (AvgIpc) is 2.38. The molecule has 0 bridgehead atoms. The molecule has 1 atom stereocenters. The van der Waals surface area contributed by atoms with Gasteiger partial charge in [0, 0.05) is 18.7 Å². The Hall–Kier alpha value is -0.340. The summed E-state index contributed by atoms with van der Waals surface area (Å²) in [4.78, 5) is 0. The number of ether oxygens (including phenoxy) is 1. The van der Waals surface area contributed by atoms with Gasteiger partial charge in [-0.1, -0.05) is 12.2 Å². The lowest BCUT2D eigenvalue weighted by Gasteiger charge is -2.22. The van der Waals surface area contributed by atoms with Crippen LogP contribution in [-0.2, 0) is 4.74 Å². The molecule has 1 saturated heterocycles. The largest absolute Gasteiger partial charge is 0.379 e. The number of hydrogen-bond donors (Lipinski definition) is 1. The Kier molecular flexibility index (Phi) is 3.09. The monoisotopic (exact) mass is 155 g/mol. The van der Waals surface area contributed by atoms with E-state index in [2.05, 4.69) is 24.4 Å². The number of rotatable bonds is 3. The van der Waals surface area contributed by atoms with Gasteiger partial charge in [0.15, 0.2) is 0 Å². The average molecular weight is 155 g/mol. The first-order chi connectivity index (χ1) is 5.27. The van der Waals surface area contributed by atoms with E-state index in [0.717, 1.165) is 26.2 Å². The van der Waals surface area contributed by atoms with Crippen molar-refractivity contribution >= 4 is 0 Å². The van der Waals surface area contributed by atoms with Gasteiger partial charge in [0.25, 0.3) is 0 Å². The molecule has 0 aromatic heterocycles. The number of nitrogens with one attached hydrogen (secondary N) is 1. The predicted octanol–water partition coefficient (Wildman–Crippen LogP) is 1.33. The summed E-state index contributed by atoms with van der Waals surface area (Å²) in [5.41, 5.74) is 0.222. The first-order valence-electron chi connectivity index (χ1n) is 4.21. The molecule has 0 aromatic carbocycles. The van der Waals surface area contributed by atoms with Crippen LogP contribution in [0.4, 0.5) is 0 Å². The molecule has 1 fully saturated rings. The van der Waals surface area contributed by atoms with E-state index in [1.165, 1.54) is 0 Å². The molecule has 11 heavy (non-hydrogen) atoms. The quantitative estimate of drug-likeness (QED) is 0.621. The van der Waals surface area contributed by atoms with Crippen LogP contribution in [0.5, 0.6) is 0 Å². The Morgan fingerprint density at radius 1 is 1.64 bits per heavy atom. The summed E-state index contributed by atoms with van der Waals surface area (Å²) in [5.74, 6) is 0. The second-order valence-corrected chi connectivity index (χ2v) is 3.31. The molecule has 0 aromatic rings. The maximum Gasteiger partial charge on any atom is 0.0646 e. The van der Waals surface area contributed by atoms with Crippen molar-refractivity contribution in [2.45, 2.75) is 25.8 Å². The van der Waals surface area contributed by atoms with Gasteiger partial charge in [-0.25, -0.2) is 0 Å². The molecule has 2 heteroatoms. The highest BCUT2D eigenvalue weighted by Crippen LogP contribution is 2.16. The Labute approximate surface area is 68.6 Å². The van der Waals surface area contributed by atoms with Crippen molar-refractivity contribution < 1.29 is 4.74 Å². The Bertz CT molecular complexity index is 136. The Morgan fingerprint density at radius 3 is 3.00 bits per heavy atom. The smallest absolute Gasteiger partial charge is 0.0646 e. The minimum atomic E-state index is 0.222. The van der Waals surface area contributed by atoms with Crippen LogP contribution >= 0.6 is 0 Å². The van der Waals surface area contributed by atoms with Crippen molar-refractivity contribution in [3.8, 4) is 0 Å². The van der Waals surface area contributed by atoms with Gasteiger partial charge in [0.05, 0.1) is 6.61 Å². The van der Waals surface area contributed by atoms with E-state index in [4.69, 9.17) is 4.74 Å². The molecule has 0 spiro atoms. The maximum absolute atomic E-state index is 5.30. The molecule has 1 aliphatic rings. The fourth-order valence-electron chi connectivity index (χ4n) is 1.23. The van der Waals surface area contributed by atoms with Crippen molar-refractivity contribution in [1.82, 2.24) is 5.32 Å². The van der Waals surface area contributed by atoms with Crippen molar-refractivity contribution in [2.75, 3.05) is 19.8 Å². The summed E-state index contributed by atoms with van der Waals surface area (Å²) < 4.78 is 5.30. The number of allylic oxidation sites excluding steroid dienone is 1. The molecule has 1 heterocycles. The zero-order valence-corrected chi connectivity index (χ0v) is 7.39. The van der Waals surface area contributed by atoms with Crippen molar-refractivity contribution in [2.24, 2.45) is 0 Å². The second kappa shape index (κ2) is 3.88. The van der Waals surface area contributed by atoms with Gasteiger partial charge in [-0.3, -0.25) is 0 Å². The SMILES string of the molecule is C/C=C/CNC1(C)CCOC1. The summed E-state index contributed by atoms with van der Waals surface area (Å²) >= 11 is 0. The van der Waals surface area contributed by atoms with E-state index >= 15 is 0 Å². The van der Waals surface area contributed by atoms with Crippen LogP contribution in [0.1, 0.15) is 20.3 Å². The summed E-state index contributed by atoms with van der Waals surface area (Å²) in [6.07, 6.45) is 5.32. The second-order valence-electron chi connectivity index (χ2n) is 3.31. The zero-order chi connectivity index (χ0) is 8.16. The minimum absolute atomic E-state index is 0.222. The number of hydrogen-bond acceptors (Lipinski definition) is 2. The molecular weight excluding hydrogens is 138 g/mol. The van der Waals surface area contributed by atoms with Gasteiger partial charge in [-0.05, 0) is 20.3 Å². The third kappa shape index (κ3) is 2.64. The van der Waals surface area contributed by atoms with E-state index in [-0.39, 0.29) is 5.54 Å². The van der Waals surface area contributed by atoms with Crippen LogP contribution in [0.2, 0.25) is 0 Å². The standard InChI is InChI=1S/C9H17NO/c1-3-4-6-10-9(2)5-7-11-8-9/h3-4,10H,5-8H2,1-2H3/b4-3+. The highest BCUT2D eigenvalue weighted by atomic mass is 16.5. The summed E-state index contributed by atoms with van der Waals surface area (Å²) in [6, 6.07) is 0. The first-order valence-corrected chi connectivity index (χ1v) is 4.21. The van der Waals surface area contributed by atoms with Crippen LogP contribution in [0, 0.1) is 0 Å². The van der Waals surface area contributed by atoms with Crippen LogP contribution in [0.3, 0.4) is 0 Å². The lowest BCUT2D eigenvalue weighted by molar-refractivity contribution is 0.173. The summed E-state index contributed by atoms with van der Waals surface area (Å²) in [5, 5.41) is 3.45. The molecule has 0 radical (unpaired) electrons. The van der Waals surface area contributed by atoms with Crippen LogP contribution in [-0.4, -0.2) is 25.3 Å². The molecular formula is C9H17NO. The first kappa shape index (κ1) is 8.75.